The van der Waals surface area contributed by atoms with Crippen LogP contribution in [0.3, 0.4) is 0 Å². The highest BCUT2D eigenvalue weighted by Gasteiger charge is 2.28. The van der Waals surface area contributed by atoms with Gasteiger partial charge in [0.1, 0.15) is 0 Å². The molecular weight excluding hydrogens is 480 g/mol. The van der Waals surface area contributed by atoms with Crippen LogP contribution in [-0.4, -0.2) is 44.7 Å². The van der Waals surface area contributed by atoms with E-state index >= 15 is 0 Å². The van der Waals surface area contributed by atoms with Crippen LogP contribution in [0.15, 0.2) is 72.8 Å². The van der Waals surface area contributed by atoms with Gasteiger partial charge in [-0.1, -0.05) is 42.5 Å². The number of nitrogens with zero attached hydrogens (tertiary/aromatic N) is 2. The van der Waals surface area contributed by atoms with Crippen molar-refractivity contribution in [2.24, 2.45) is 0 Å². The molecule has 0 aliphatic heterocycles. The summed E-state index contributed by atoms with van der Waals surface area (Å²) in [5.41, 5.74) is 5.48. The van der Waals surface area contributed by atoms with Crippen LogP contribution < -0.4 is 14.4 Å². The molecule has 1 amide bonds. The number of hydrogen-bond donors (Lipinski definition) is 0. The highest BCUT2D eigenvalue weighted by atomic mass is 16.5. The van der Waals surface area contributed by atoms with Crippen molar-refractivity contribution in [2.45, 2.75) is 12.8 Å². The number of methoxy groups -OCH3 is 2. The standard InChI is InChI=1S/C31H28N2O5/c1-33(22-9-5-4-6-10-22)28(34)19-38-31(35)29-23-11-7-8-12-25(23)32-30-21(14-15-24(29)30)17-20-13-16-26(36-2)27(18-20)37-3/h4-13,16-18H,14-15,19H2,1-3H3/b21-17-. The molecule has 0 fully saturated rings. The second-order valence-electron chi connectivity index (χ2n) is 8.98. The minimum Gasteiger partial charge on any atom is -0.493 e. The normalized spacial score (nSPS) is 13.3. The number of para-hydroxylation sites is 2. The topological polar surface area (TPSA) is 78.0 Å². The molecule has 7 nitrogen and oxygen atoms in total. The smallest absolute Gasteiger partial charge is 0.339 e. The Hall–Kier alpha value is -4.65. The molecule has 0 atom stereocenters. The van der Waals surface area contributed by atoms with Crippen LogP contribution in [0.1, 0.15) is 33.6 Å². The van der Waals surface area contributed by atoms with E-state index < -0.39 is 5.97 Å². The van der Waals surface area contributed by atoms with Gasteiger partial charge in [0.2, 0.25) is 0 Å². The summed E-state index contributed by atoms with van der Waals surface area (Å²) in [5.74, 6) is 0.458. The highest BCUT2D eigenvalue weighted by Crippen LogP contribution is 2.38. The Balaban J connectivity index is 1.46. The maximum Gasteiger partial charge on any atom is 0.339 e. The van der Waals surface area contributed by atoms with Crippen molar-refractivity contribution in [1.29, 1.82) is 0 Å². The second kappa shape index (κ2) is 10.8. The van der Waals surface area contributed by atoms with Crippen molar-refractivity contribution in [3.8, 4) is 11.5 Å². The lowest BCUT2D eigenvalue weighted by atomic mass is 10.0. The Labute approximate surface area is 221 Å². The van der Waals surface area contributed by atoms with Gasteiger partial charge in [-0.25, -0.2) is 9.78 Å². The predicted octanol–water partition coefficient (Wildman–Crippen LogP) is 5.56. The Morgan fingerprint density at radius 1 is 0.921 bits per heavy atom. The van der Waals surface area contributed by atoms with E-state index in [2.05, 4.69) is 6.08 Å². The van der Waals surface area contributed by atoms with E-state index in [1.807, 2.05) is 72.8 Å². The SMILES string of the molecule is COc1ccc(/C=C2/CCc3c2nc2ccccc2c3C(=O)OCC(=O)N(C)c2ccccc2)cc1OC. The molecule has 1 heterocycles. The molecule has 3 aromatic carbocycles. The molecule has 192 valence electrons. The summed E-state index contributed by atoms with van der Waals surface area (Å²) in [6.45, 7) is -0.357. The van der Waals surface area contributed by atoms with Crippen molar-refractivity contribution in [2.75, 3.05) is 32.8 Å². The van der Waals surface area contributed by atoms with E-state index in [1.54, 1.807) is 21.3 Å². The van der Waals surface area contributed by atoms with Gasteiger partial charge in [-0.05, 0) is 65.9 Å². The Morgan fingerprint density at radius 3 is 2.42 bits per heavy atom. The fourth-order valence-corrected chi connectivity index (χ4v) is 4.75. The van der Waals surface area contributed by atoms with Crippen LogP contribution >= 0.6 is 0 Å². The molecule has 0 radical (unpaired) electrons. The van der Waals surface area contributed by atoms with Gasteiger partial charge < -0.3 is 19.1 Å². The Kier molecular flexibility index (Phi) is 7.09. The summed E-state index contributed by atoms with van der Waals surface area (Å²) < 4.78 is 16.4. The zero-order valence-corrected chi connectivity index (χ0v) is 21.6. The molecule has 1 aromatic heterocycles. The zero-order chi connectivity index (χ0) is 26.6. The third kappa shape index (κ3) is 4.83. The molecule has 1 aliphatic rings. The number of aromatic nitrogens is 1. The quantitative estimate of drug-likeness (QED) is 0.304. The van der Waals surface area contributed by atoms with E-state index in [0.29, 0.717) is 34.4 Å². The van der Waals surface area contributed by atoms with Gasteiger partial charge in [-0.2, -0.15) is 0 Å². The summed E-state index contributed by atoms with van der Waals surface area (Å²) in [5, 5.41) is 0.715. The zero-order valence-electron chi connectivity index (χ0n) is 21.6. The predicted molar refractivity (Wildman–Crippen MR) is 148 cm³/mol. The summed E-state index contributed by atoms with van der Waals surface area (Å²) in [7, 11) is 4.87. The van der Waals surface area contributed by atoms with Gasteiger partial charge in [-0.3, -0.25) is 4.79 Å². The van der Waals surface area contributed by atoms with Crippen molar-refractivity contribution < 1.29 is 23.8 Å². The van der Waals surface area contributed by atoms with E-state index in [4.69, 9.17) is 19.2 Å². The molecule has 0 N–H and O–H groups in total. The van der Waals surface area contributed by atoms with Gasteiger partial charge in [0, 0.05) is 18.1 Å². The maximum atomic E-state index is 13.4. The first-order chi connectivity index (χ1) is 18.5. The molecule has 5 rings (SSSR count). The van der Waals surface area contributed by atoms with Gasteiger partial charge in [0.15, 0.2) is 18.1 Å². The largest absolute Gasteiger partial charge is 0.493 e. The summed E-state index contributed by atoms with van der Waals surface area (Å²) >= 11 is 0. The average Bonchev–Trinajstić information content (AvgIpc) is 3.35. The van der Waals surface area contributed by atoms with Crippen LogP contribution in [0, 0.1) is 0 Å². The number of anilines is 1. The van der Waals surface area contributed by atoms with Crippen LogP contribution in [-0.2, 0) is 16.0 Å². The van der Waals surface area contributed by atoms with E-state index in [-0.39, 0.29) is 12.5 Å². The molecule has 1 aliphatic carbocycles. The van der Waals surface area contributed by atoms with E-state index in [9.17, 15) is 9.59 Å². The average molecular weight is 509 g/mol. The van der Waals surface area contributed by atoms with Crippen LogP contribution in [0.4, 0.5) is 5.69 Å². The maximum absolute atomic E-state index is 13.4. The molecule has 0 saturated heterocycles. The minimum atomic E-state index is -0.526. The number of pyridine rings is 1. The molecule has 7 heteroatoms. The highest BCUT2D eigenvalue weighted by molar-refractivity contribution is 6.08. The number of carbonyl (C=O) groups is 2. The van der Waals surface area contributed by atoms with Gasteiger partial charge in [-0.15, -0.1) is 0 Å². The number of likely N-dealkylation sites (N-methyl/N-ethyl adjacent to an activating group) is 1. The fourth-order valence-electron chi connectivity index (χ4n) is 4.75. The lowest BCUT2D eigenvalue weighted by Gasteiger charge is -2.18. The molecule has 4 aromatic rings. The second-order valence-corrected chi connectivity index (χ2v) is 8.98. The Morgan fingerprint density at radius 2 is 1.66 bits per heavy atom. The number of amides is 1. The van der Waals surface area contributed by atoms with Crippen molar-refractivity contribution in [3.05, 3.63) is 95.2 Å². The Bertz CT molecular complexity index is 1550. The van der Waals surface area contributed by atoms with Gasteiger partial charge in [0.05, 0.1) is 31.0 Å². The van der Waals surface area contributed by atoms with Crippen molar-refractivity contribution in [3.63, 3.8) is 0 Å². The summed E-state index contributed by atoms with van der Waals surface area (Å²) in [6, 6.07) is 22.5. The molecule has 0 saturated carbocycles. The number of rotatable bonds is 7. The first-order valence-electron chi connectivity index (χ1n) is 12.3. The van der Waals surface area contributed by atoms with Crippen molar-refractivity contribution >= 4 is 40.1 Å². The number of ether oxygens (including phenoxy) is 3. The number of benzene rings is 3. The van der Waals surface area contributed by atoms with Crippen LogP contribution in [0.25, 0.3) is 22.6 Å². The number of fused-ring (bicyclic) bond motifs is 2. The first kappa shape index (κ1) is 25.0. The molecule has 0 bridgehead atoms. The lowest BCUT2D eigenvalue weighted by Crippen LogP contribution is -2.31. The van der Waals surface area contributed by atoms with E-state index in [0.717, 1.165) is 34.5 Å². The molecule has 38 heavy (non-hydrogen) atoms. The van der Waals surface area contributed by atoms with Gasteiger partial charge >= 0.3 is 5.97 Å². The number of hydrogen-bond acceptors (Lipinski definition) is 6. The number of carbonyl (C=O) groups excluding carboxylic acids is 2. The third-order valence-corrected chi connectivity index (χ3v) is 6.74. The third-order valence-electron chi connectivity index (χ3n) is 6.74. The number of allylic oxidation sites excluding steroid dienone is 1. The van der Waals surface area contributed by atoms with Gasteiger partial charge in [0.25, 0.3) is 5.91 Å². The van der Waals surface area contributed by atoms with Crippen LogP contribution in [0.5, 0.6) is 11.5 Å². The van der Waals surface area contributed by atoms with E-state index in [1.165, 1.54) is 4.90 Å². The first-order valence-corrected chi connectivity index (χ1v) is 12.3. The summed E-state index contributed by atoms with van der Waals surface area (Å²) in [6.07, 6.45) is 3.43. The fraction of sp³-hybridized carbons (Fsp3) is 0.194. The summed E-state index contributed by atoms with van der Waals surface area (Å²) in [4.78, 5) is 32.6. The molecular formula is C31H28N2O5. The lowest BCUT2D eigenvalue weighted by molar-refractivity contribution is -0.121. The number of esters is 1. The minimum absolute atomic E-state index is 0.311. The molecule has 0 spiro atoms. The van der Waals surface area contributed by atoms with Crippen LogP contribution in [0.2, 0.25) is 0 Å². The monoisotopic (exact) mass is 508 g/mol. The molecule has 0 unspecified atom stereocenters. The van der Waals surface area contributed by atoms with Crippen molar-refractivity contribution in [1.82, 2.24) is 4.98 Å².